The van der Waals surface area contributed by atoms with Gasteiger partial charge in [0, 0.05) is 0 Å². The van der Waals surface area contributed by atoms with E-state index < -0.39 is 5.25 Å². The summed E-state index contributed by atoms with van der Waals surface area (Å²) >= 11 is 1.23. The van der Waals surface area contributed by atoms with Crippen molar-refractivity contribution in [1.29, 1.82) is 5.26 Å². The fourth-order valence-electron chi connectivity index (χ4n) is 2.28. The van der Waals surface area contributed by atoms with Crippen molar-refractivity contribution < 1.29 is 9.18 Å². The third kappa shape index (κ3) is 4.77. The average Bonchev–Trinajstić information content (AvgIpc) is 2.54. The van der Waals surface area contributed by atoms with Crippen molar-refractivity contribution in [3.05, 3.63) is 52.7 Å². The van der Waals surface area contributed by atoms with Crippen LogP contribution in [0.4, 0.5) is 4.39 Å². The Morgan fingerprint density at radius 3 is 2.48 bits per heavy atom. The Bertz CT molecular complexity index is 817. The number of amides is 1. The second-order valence-corrected chi connectivity index (χ2v) is 7.02. The molecule has 2 aromatic rings. The van der Waals surface area contributed by atoms with Crippen LogP contribution in [-0.2, 0) is 4.79 Å². The van der Waals surface area contributed by atoms with E-state index in [2.05, 4.69) is 21.4 Å². The molecule has 5 nitrogen and oxygen atoms in total. The molecule has 0 radical (unpaired) electrons. The summed E-state index contributed by atoms with van der Waals surface area (Å²) in [6.07, 6.45) is 0. The van der Waals surface area contributed by atoms with Crippen molar-refractivity contribution in [3.63, 3.8) is 0 Å². The number of halogens is 1. The van der Waals surface area contributed by atoms with Crippen LogP contribution in [0.1, 0.15) is 42.5 Å². The quantitative estimate of drug-likeness (QED) is 0.654. The zero-order chi connectivity index (χ0) is 18.6. The number of hydrogen-bond donors (Lipinski definition) is 1. The average molecular weight is 358 g/mol. The molecule has 0 saturated carbocycles. The summed E-state index contributed by atoms with van der Waals surface area (Å²) < 4.78 is 13.0. The largest absolute Gasteiger partial charge is 0.349 e. The van der Waals surface area contributed by atoms with Crippen molar-refractivity contribution in [1.82, 2.24) is 15.3 Å². The minimum absolute atomic E-state index is 0.181. The highest BCUT2D eigenvalue weighted by atomic mass is 32.2. The smallest absolute Gasteiger partial charge is 0.233 e. The molecule has 25 heavy (non-hydrogen) atoms. The van der Waals surface area contributed by atoms with E-state index in [1.54, 1.807) is 32.9 Å². The summed E-state index contributed by atoms with van der Waals surface area (Å²) in [5.41, 5.74) is 1.81. The molecule has 0 fully saturated rings. The molecular weight excluding hydrogens is 339 g/mol. The number of nitrogens with one attached hydrogen (secondary N) is 1. The van der Waals surface area contributed by atoms with E-state index >= 15 is 0 Å². The molecule has 130 valence electrons. The van der Waals surface area contributed by atoms with Gasteiger partial charge in [0.05, 0.1) is 17.0 Å². The molecule has 7 heteroatoms. The van der Waals surface area contributed by atoms with Gasteiger partial charge in [-0.3, -0.25) is 4.79 Å². The summed E-state index contributed by atoms with van der Waals surface area (Å²) in [4.78, 5) is 20.9. The number of aromatic nitrogens is 2. The van der Waals surface area contributed by atoms with Crippen molar-refractivity contribution in [2.75, 3.05) is 0 Å². The summed E-state index contributed by atoms with van der Waals surface area (Å²) in [6.45, 7) is 7.09. The molecule has 2 atom stereocenters. The van der Waals surface area contributed by atoms with Gasteiger partial charge in [-0.1, -0.05) is 23.9 Å². The number of nitriles is 1. The van der Waals surface area contributed by atoms with E-state index in [1.807, 2.05) is 6.92 Å². The van der Waals surface area contributed by atoms with Gasteiger partial charge in [-0.2, -0.15) is 5.26 Å². The summed E-state index contributed by atoms with van der Waals surface area (Å²) in [5.74, 6) is 0.0654. The standard InChI is InChI=1S/C18H19FN4OS/c1-10(14-5-7-15(19)8-6-14)22-17(24)12(3)25-18-16(9-20)11(2)21-13(4)23-18/h5-8,10,12H,1-4H3,(H,22,24). The van der Waals surface area contributed by atoms with Crippen LogP contribution in [-0.4, -0.2) is 21.1 Å². The molecule has 1 aromatic carbocycles. The molecule has 0 spiro atoms. The van der Waals surface area contributed by atoms with E-state index in [4.69, 9.17) is 0 Å². The number of carbonyl (C=O) groups is 1. The molecule has 1 aromatic heterocycles. The molecule has 0 saturated heterocycles. The van der Waals surface area contributed by atoms with Gasteiger partial charge in [0.2, 0.25) is 5.91 Å². The lowest BCUT2D eigenvalue weighted by atomic mass is 10.1. The first kappa shape index (κ1) is 18.9. The molecular formula is C18H19FN4OS. The second kappa shape index (κ2) is 8.08. The Hall–Kier alpha value is -2.46. The van der Waals surface area contributed by atoms with E-state index in [9.17, 15) is 14.4 Å². The monoisotopic (exact) mass is 358 g/mol. The molecule has 1 amide bonds. The fourth-order valence-corrected chi connectivity index (χ4v) is 3.29. The van der Waals surface area contributed by atoms with Crippen LogP contribution in [0, 0.1) is 31.0 Å². The highest BCUT2D eigenvalue weighted by Crippen LogP contribution is 2.26. The van der Waals surface area contributed by atoms with Crippen molar-refractivity contribution in [2.24, 2.45) is 0 Å². The molecule has 0 aliphatic rings. The van der Waals surface area contributed by atoms with Gasteiger partial charge in [0.15, 0.2) is 0 Å². The Morgan fingerprint density at radius 2 is 1.88 bits per heavy atom. The minimum Gasteiger partial charge on any atom is -0.349 e. The van der Waals surface area contributed by atoms with Gasteiger partial charge >= 0.3 is 0 Å². The Morgan fingerprint density at radius 1 is 1.24 bits per heavy atom. The van der Waals surface area contributed by atoms with Gasteiger partial charge in [0.1, 0.15) is 28.3 Å². The third-order valence-corrected chi connectivity index (χ3v) is 4.75. The first-order valence-electron chi connectivity index (χ1n) is 7.79. The van der Waals surface area contributed by atoms with Crippen LogP contribution >= 0.6 is 11.8 Å². The molecule has 0 bridgehead atoms. The van der Waals surface area contributed by atoms with E-state index in [0.29, 0.717) is 22.1 Å². The Balaban J connectivity index is 2.08. The Labute approximate surface area is 150 Å². The lowest BCUT2D eigenvalue weighted by Crippen LogP contribution is -2.33. The number of carbonyl (C=O) groups excluding carboxylic acids is 1. The second-order valence-electron chi connectivity index (χ2n) is 5.69. The maximum atomic E-state index is 13.0. The fraction of sp³-hybridized carbons (Fsp3) is 0.333. The van der Waals surface area contributed by atoms with Gasteiger partial charge in [-0.25, -0.2) is 14.4 Å². The summed E-state index contributed by atoms with van der Waals surface area (Å²) in [6, 6.07) is 7.85. The van der Waals surface area contributed by atoms with Crippen molar-refractivity contribution >= 4 is 17.7 Å². The number of benzene rings is 1. The maximum absolute atomic E-state index is 13.0. The molecule has 1 heterocycles. The van der Waals surface area contributed by atoms with E-state index in [0.717, 1.165) is 5.56 Å². The maximum Gasteiger partial charge on any atom is 0.233 e. The molecule has 1 N–H and O–H groups in total. The highest BCUT2D eigenvalue weighted by molar-refractivity contribution is 8.00. The molecule has 0 aliphatic carbocycles. The summed E-state index contributed by atoms with van der Waals surface area (Å²) in [5, 5.41) is 12.2. The third-order valence-electron chi connectivity index (χ3n) is 3.67. The minimum atomic E-state index is -0.441. The van der Waals surface area contributed by atoms with Gasteiger partial charge < -0.3 is 5.32 Å². The number of thioether (sulfide) groups is 1. The number of rotatable bonds is 5. The normalized spacial score (nSPS) is 13.0. The number of nitrogens with zero attached hydrogens (tertiary/aromatic N) is 3. The van der Waals surface area contributed by atoms with Crippen molar-refractivity contribution in [3.8, 4) is 6.07 Å². The van der Waals surface area contributed by atoms with Crippen molar-refractivity contribution in [2.45, 2.75) is 44.0 Å². The van der Waals surface area contributed by atoms with E-state index in [-0.39, 0.29) is 17.8 Å². The topological polar surface area (TPSA) is 78.7 Å². The first-order chi connectivity index (χ1) is 11.8. The van der Waals surface area contributed by atoms with Crippen LogP contribution in [0.25, 0.3) is 0 Å². The van der Waals surface area contributed by atoms with Crippen LogP contribution in [0.3, 0.4) is 0 Å². The van der Waals surface area contributed by atoms with Crippen LogP contribution in [0.2, 0.25) is 0 Å². The zero-order valence-corrected chi connectivity index (χ0v) is 15.3. The van der Waals surface area contributed by atoms with Gasteiger partial charge in [0.25, 0.3) is 0 Å². The van der Waals surface area contributed by atoms with Gasteiger partial charge in [-0.05, 0) is 45.4 Å². The Kier molecular flexibility index (Phi) is 6.10. The van der Waals surface area contributed by atoms with Gasteiger partial charge in [-0.15, -0.1) is 0 Å². The number of hydrogen-bond acceptors (Lipinski definition) is 5. The molecule has 2 rings (SSSR count). The lowest BCUT2D eigenvalue weighted by molar-refractivity contribution is -0.120. The van der Waals surface area contributed by atoms with E-state index in [1.165, 1.54) is 23.9 Å². The zero-order valence-electron chi connectivity index (χ0n) is 14.5. The first-order valence-corrected chi connectivity index (χ1v) is 8.67. The lowest BCUT2D eigenvalue weighted by Gasteiger charge is -2.18. The van der Waals surface area contributed by atoms with Crippen LogP contribution < -0.4 is 5.32 Å². The van der Waals surface area contributed by atoms with Crippen LogP contribution in [0.5, 0.6) is 0 Å². The molecule has 2 unspecified atom stereocenters. The van der Waals surface area contributed by atoms with Crippen LogP contribution in [0.15, 0.2) is 29.3 Å². The molecule has 0 aliphatic heterocycles. The predicted octanol–water partition coefficient (Wildman–Crippen LogP) is 3.46. The SMILES string of the molecule is Cc1nc(C)c(C#N)c(SC(C)C(=O)NC(C)c2ccc(F)cc2)n1. The number of aryl methyl sites for hydroxylation is 2. The predicted molar refractivity (Wildman–Crippen MR) is 94.5 cm³/mol. The summed E-state index contributed by atoms with van der Waals surface area (Å²) in [7, 11) is 0. The highest BCUT2D eigenvalue weighted by Gasteiger charge is 2.21.